The molecule has 0 saturated carbocycles. The van der Waals surface area contributed by atoms with Gasteiger partial charge in [0.1, 0.15) is 18.2 Å². The van der Waals surface area contributed by atoms with E-state index >= 15 is 0 Å². The highest BCUT2D eigenvalue weighted by molar-refractivity contribution is 7.89. The fourth-order valence-corrected chi connectivity index (χ4v) is 5.37. The SMILES string of the molecule is CN(C)S(=O)(=O)c1ccc2c(c1)CCN2C(=O)NC1CCCN(CCOc2ccc(F)cc2)C1. The minimum Gasteiger partial charge on any atom is -0.492 e. The number of carbonyl (C=O) groups excluding carboxylic acids is 1. The number of amides is 2. The van der Waals surface area contributed by atoms with Gasteiger partial charge >= 0.3 is 6.03 Å². The fourth-order valence-electron chi connectivity index (χ4n) is 4.41. The molecule has 1 unspecified atom stereocenters. The maximum Gasteiger partial charge on any atom is 0.322 e. The number of halogens is 1. The standard InChI is InChI=1S/C24H31FN4O4S/c1-27(2)34(31,32)22-9-10-23-18(16-22)11-13-29(23)24(30)26-20-4-3-12-28(17-20)14-15-33-21-7-5-19(25)6-8-21/h5-10,16,20H,3-4,11-15,17H2,1-2H3,(H,26,30). The molecule has 184 valence electrons. The molecule has 1 N–H and O–H groups in total. The number of ether oxygens (including phenoxy) is 1. The Hall–Kier alpha value is -2.69. The number of carbonyl (C=O) groups is 1. The third-order valence-corrected chi connectivity index (χ3v) is 8.10. The second-order valence-electron chi connectivity index (χ2n) is 8.87. The van der Waals surface area contributed by atoms with E-state index in [1.807, 2.05) is 0 Å². The molecule has 0 aliphatic carbocycles. The first-order valence-electron chi connectivity index (χ1n) is 11.5. The summed E-state index contributed by atoms with van der Waals surface area (Å²) in [6.07, 6.45) is 2.50. The molecule has 2 aliphatic rings. The fraction of sp³-hybridized carbons (Fsp3) is 0.458. The van der Waals surface area contributed by atoms with Crippen LogP contribution < -0.4 is 15.0 Å². The van der Waals surface area contributed by atoms with Crippen molar-refractivity contribution >= 4 is 21.7 Å². The van der Waals surface area contributed by atoms with Crippen LogP contribution in [0.15, 0.2) is 47.4 Å². The molecule has 0 aromatic heterocycles. The van der Waals surface area contributed by atoms with Crippen LogP contribution in [0.5, 0.6) is 5.75 Å². The Bertz CT molecular complexity index is 1120. The van der Waals surface area contributed by atoms with Gasteiger partial charge in [0.15, 0.2) is 0 Å². The summed E-state index contributed by atoms with van der Waals surface area (Å²) in [7, 11) is -0.501. The lowest BCUT2D eigenvalue weighted by Gasteiger charge is -2.34. The predicted octanol–water partition coefficient (Wildman–Crippen LogP) is 2.69. The monoisotopic (exact) mass is 490 g/mol. The Kier molecular flexibility index (Phi) is 7.39. The molecular formula is C24H31FN4O4S. The molecule has 2 aromatic rings. The third-order valence-electron chi connectivity index (χ3n) is 6.29. The van der Waals surface area contributed by atoms with E-state index in [9.17, 15) is 17.6 Å². The molecule has 2 heterocycles. The van der Waals surface area contributed by atoms with E-state index in [0.29, 0.717) is 25.3 Å². The van der Waals surface area contributed by atoms with Gasteiger partial charge in [0.2, 0.25) is 10.0 Å². The average Bonchev–Trinajstić information content (AvgIpc) is 3.24. The number of benzene rings is 2. The van der Waals surface area contributed by atoms with E-state index < -0.39 is 10.0 Å². The number of hydrogen-bond acceptors (Lipinski definition) is 5. The topological polar surface area (TPSA) is 82.2 Å². The summed E-state index contributed by atoms with van der Waals surface area (Å²) in [5, 5.41) is 3.15. The highest BCUT2D eigenvalue weighted by Crippen LogP contribution is 2.31. The van der Waals surface area contributed by atoms with Crippen molar-refractivity contribution in [3.05, 3.63) is 53.8 Å². The minimum atomic E-state index is -3.51. The quantitative estimate of drug-likeness (QED) is 0.646. The molecule has 10 heteroatoms. The molecule has 1 saturated heterocycles. The van der Waals surface area contributed by atoms with Gasteiger partial charge in [-0.3, -0.25) is 9.80 Å². The zero-order valence-corrected chi connectivity index (χ0v) is 20.4. The normalized spacial score (nSPS) is 18.7. The summed E-state index contributed by atoms with van der Waals surface area (Å²) in [5.74, 6) is 0.346. The van der Waals surface area contributed by atoms with Crippen molar-refractivity contribution < 1.29 is 22.3 Å². The minimum absolute atomic E-state index is 0.0320. The molecule has 1 atom stereocenters. The number of nitrogens with zero attached hydrogens (tertiary/aromatic N) is 3. The largest absolute Gasteiger partial charge is 0.492 e. The van der Waals surface area contributed by atoms with Crippen molar-refractivity contribution in [2.24, 2.45) is 0 Å². The molecule has 0 radical (unpaired) electrons. The molecule has 4 rings (SSSR count). The first-order chi connectivity index (χ1) is 16.2. The summed E-state index contributed by atoms with van der Waals surface area (Å²) in [5.41, 5.74) is 1.62. The highest BCUT2D eigenvalue weighted by atomic mass is 32.2. The van der Waals surface area contributed by atoms with Gasteiger partial charge in [0.05, 0.1) is 4.90 Å². The smallest absolute Gasteiger partial charge is 0.322 e. The van der Waals surface area contributed by atoms with Crippen LogP contribution in [0.3, 0.4) is 0 Å². The molecule has 0 spiro atoms. The Morgan fingerprint density at radius 3 is 2.68 bits per heavy atom. The molecule has 2 aromatic carbocycles. The molecular weight excluding hydrogens is 459 g/mol. The summed E-state index contributed by atoms with van der Waals surface area (Å²) in [6.45, 7) is 3.41. The van der Waals surface area contributed by atoms with Gasteiger partial charge in [-0.25, -0.2) is 21.9 Å². The van der Waals surface area contributed by atoms with Crippen LogP contribution in [-0.2, 0) is 16.4 Å². The second-order valence-corrected chi connectivity index (χ2v) is 11.0. The molecule has 2 amide bonds. The Balaban J connectivity index is 1.30. The summed E-state index contributed by atoms with van der Waals surface area (Å²) >= 11 is 0. The average molecular weight is 491 g/mol. The lowest BCUT2D eigenvalue weighted by molar-refractivity contribution is 0.160. The van der Waals surface area contributed by atoms with Gasteiger partial charge in [0.25, 0.3) is 0 Å². The summed E-state index contributed by atoms with van der Waals surface area (Å²) in [4.78, 5) is 17.2. The van der Waals surface area contributed by atoms with Crippen molar-refractivity contribution in [1.29, 1.82) is 0 Å². The van der Waals surface area contributed by atoms with Gasteiger partial charge in [-0.05, 0) is 73.8 Å². The highest BCUT2D eigenvalue weighted by Gasteiger charge is 2.29. The number of anilines is 1. The van der Waals surface area contributed by atoms with Crippen molar-refractivity contribution in [3.63, 3.8) is 0 Å². The first-order valence-corrected chi connectivity index (χ1v) is 12.9. The van der Waals surface area contributed by atoms with Gasteiger partial charge in [-0.2, -0.15) is 0 Å². The first kappa shape index (κ1) is 24.4. The van der Waals surface area contributed by atoms with Gasteiger partial charge < -0.3 is 10.1 Å². The van der Waals surface area contributed by atoms with E-state index in [0.717, 1.165) is 43.7 Å². The van der Waals surface area contributed by atoms with Crippen LogP contribution in [0.25, 0.3) is 0 Å². The predicted molar refractivity (Wildman–Crippen MR) is 128 cm³/mol. The van der Waals surface area contributed by atoms with E-state index in [2.05, 4.69) is 10.2 Å². The number of hydrogen-bond donors (Lipinski definition) is 1. The number of piperidine rings is 1. The van der Waals surface area contributed by atoms with Crippen LogP contribution in [0.2, 0.25) is 0 Å². The lowest BCUT2D eigenvalue weighted by atomic mass is 10.1. The summed E-state index contributed by atoms with van der Waals surface area (Å²) < 4.78 is 44.7. The van der Waals surface area contributed by atoms with Gasteiger partial charge in [-0.1, -0.05) is 0 Å². The van der Waals surface area contributed by atoms with Crippen LogP contribution in [0.1, 0.15) is 18.4 Å². The Morgan fingerprint density at radius 1 is 1.18 bits per heavy atom. The van der Waals surface area contributed by atoms with Crippen molar-refractivity contribution in [1.82, 2.24) is 14.5 Å². The van der Waals surface area contributed by atoms with Crippen LogP contribution in [0.4, 0.5) is 14.9 Å². The van der Waals surface area contributed by atoms with E-state index in [4.69, 9.17) is 4.74 Å². The number of urea groups is 1. The second kappa shape index (κ2) is 10.3. The number of fused-ring (bicyclic) bond motifs is 1. The molecule has 8 nitrogen and oxygen atoms in total. The maximum atomic E-state index is 13.0. The van der Waals surface area contributed by atoms with Crippen molar-refractivity contribution in [3.8, 4) is 5.75 Å². The van der Waals surface area contributed by atoms with Gasteiger partial charge in [-0.15, -0.1) is 0 Å². The van der Waals surface area contributed by atoms with Crippen LogP contribution in [-0.4, -0.2) is 76.6 Å². The number of rotatable bonds is 7. The van der Waals surface area contributed by atoms with Crippen LogP contribution >= 0.6 is 0 Å². The molecule has 34 heavy (non-hydrogen) atoms. The number of sulfonamides is 1. The number of likely N-dealkylation sites (tertiary alicyclic amines) is 1. The van der Waals surface area contributed by atoms with E-state index in [1.165, 1.54) is 30.5 Å². The van der Waals surface area contributed by atoms with Crippen molar-refractivity contribution in [2.75, 3.05) is 51.8 Å². The molecule has 2 aliphatic heterocycles. The Labute approximate surface area is 200 Å². The third kappa shape index (κ3) is 5.51. The van der Waals surface area contributed by atoms with Gasteiger partial charge in [0, 0.05) is 45.5 Å². The summed E-state index contributed by atoms with van der Waals surface area (Å²) in [6, 6.07) is 10.8. The van der Waals surface area contributed by atoms with E-state index in [-0.39, 0.29) is 22.8 Å². The Morgan fingerprint density at radius 2 is 1.94 bits per heavy atom. The molecule has 0 bridgehead atoms. The molecule has 1 fully saturated rings. The van der Waals surface area contributed by atoms with E-state index in [1.54, 1.807) is 35.2 Å². The van der Waals surface area contributed by atoms with Crippen molar-refractivity contribution in [2.45, 2.75) is 30.2 Å². The van der Waals surface area contributed by atoms with Crippen LogP contribution in [0, 0.1) is 5.82 Å². The zero-order valence-electron chi connectivity index (χ0n) is 19.5. The number of nitrogens with one attached hydrogen (secondary N) is 1. The maximum absolute atomic E-state index is 13.0. The lowest BCUT2D eigenvalue weighted by Crippen LogP contribution is -2.52. The zero-order chi connectivity index (χ0) is 24.3.